The molecule has 1 rings (SSSR count). The molecule has 54 valence electrons. The second kappa shape index (κ2) is 2.42. The van der Waals surface area contributed by atoms with Crippen molar-refractivity contribution in [2.45, 2.75) is 0 Å². The SMILES string of the molecule is Fc1nnc(F)c(Cl)c1F. The van der Waals surface area contributed by atoms with Crippen LogP contribution in [0.5, 0.6) is 0 Å². The minimum absolute atomic E-state index is 0.979. The molecule has 0 aromatic carbocycles. The average Bonchev–Trinajstić information content (AvgIpc) is 1.93. The highest BCUT2D eigenvalue weighted by atomic mass is 35.5. The summed E-state index contributed by atoms with van der Waals surface area (Å²) in [5, 5.41) is 4.08. The highest BCUT2D eigenvalue weighted by molar-refractivity contribution is 6.30. The molecule has 0 atom stereocenters. The van der Waals surface area contributed by atoms with Gasteiger partial charge in [0.15, 0.2) is 0 Å². The Kier molecular flexibility index (Phi) is 1.76. The van der Waals surface area contributed by atoms with Crippen LogP contribution in [0.1, 0.15) is 0 Å². The molecule has 1 aromatic heterocycles. The van der Waals surface area contributed by atoms with Crippen molar-refractivity contribution in [2.24, 2.45) is 0 Å². The molecule has 0 saturated carbocycles. The van der Waals surface area contributed by atoms with Crippen molar-refractivity contribution in [3.63, 3.8) is 0 Å². The summed E-state index contributed by atoms with van der Waals surface area (Å²) < 4.78 is 36.1. The molecule has 1 heterocycles. The van der Waals surface area contributed by atoms with E-state index in [0.717, 1.165) is 0 Å². The number of nitrogens with zero attached hydrogens (tertiary/aromatic N) is 2. The van der Waals surface area contributed by atoms with Crippen LogP contribution in [0.2, 0.25) is 5.02 Å². The fourth-order valence-electron chi connectivity index (χ4n) is 0.357. The molecule has 2 nitrogen and oxygen atoms in total. The van der Waals surface area contributed by atoms with Crippen LogP contribution in [0.4, 0.5) is 13.2 Å². The Morgan fingerprint density at radius 3 is 2.00 bits per heavy atom. The van der Waals surface area contributed by atoms with Gasteiger partial charge in [0.1, 0.15) is 5.02 Å². The third-order valence-electron chi connectivity index (χ3n) is 0.781. The Balaban J connectivity index is 3.34. The summed E-state index contributed by atoms with van der Waals surface area (Å²) in [5.41, 5.74) is 0. The summed E-state index contributed by atoms with van der Waals surface area (Å²) in [6.45, 7) is 0. The fraction of sp³-hybridized carbons (Fsp3) is 0. The van der Waals surface area contributed by atoms with E-state index in [1.54, 1.807) is 0 Å². The zero-order valence-electron chi connectivity index (χ0n) is 4.41. The van der Waals surface area contributed by atoms with Crippen LogP contribution in [0, 0.1) is 17.7 Å². The molecule has 0 N–H and O–H groups in total. The quantitative estimate of drug-likeness (QED) is 0.587. The normalized spacial score (nSPS) is 10.0. The predicted octanol–water partition coefficient (Wildman–Crippen LogP) is 1.55. The molecule has 0 aliphatic rings. The maximum atomic E-state index is 12.1. The first-order valence-corrected chi connectivity index (χ1v) is 2.53. The molecule has 0 aliphatic heterocycles. The summed E-state index contributed by atoms with van der Waals surface area (Å²) in [6.07, 6.45) is 0. The molecular formula is C4ClF3N2. The second-order valence-corrected chi connectivity index (χ2v) is 1.79. The van der Waals surface area contributed by atoms with Crippen LogP contribution in [-0.4, -0.2) is 10.2 Å². The third kappa shape index (κ3) is 1.04. The molecule has 0 radical (unpaired) electrons. The lowest BCUT2D eigenvalue weighted by Crippen LogP contribution is -1.97. The van der Waals surface area contributed by atoms with Gasteiger partial charge in [-0.3, -0.25) is 0 Å². The lowest BCUT2D eigenvalue weighted by molar-refractivity contribution is 0.435. The molecular weight excluding hydrogens is 169 g/mol. The molecule has 10 heavy (non-hydrogen) atoms. The summed E-state index contributed by atoms with van der Waals surface area (Å²) in [6, 6.07) is 0. The highest BCUT2D eigenvalue weighted by Crippen LogP contribution is 2.16. The van der Waals surface area contributed by atoms with Crippen LogP contribution in [0.3, 0.4) is 0 Å². The zero-order valence-corrected chi connectivity index (χ0v) is 5.16. The van der Waals surface area contributed by atoms with E-state index >= 15 is 0 Å². The Morgan fingerprint density at radius 2 is 1.50 bits per heavy atom. The zero-order chi connectivity index (χ0) is 7.72. The van der Waals surface area contributed by atoms with Gasteiger partial charge in [0, 0.05) is 0 Å². The van der Waals surface area contributed by atoms with Gasteiger partial charge in [0.25, 0.3) is 11.9 Å². The lowest BCUT2D eigenvalue weighted by Gasteiger charge is -1.92. The van der Waals surface area contributed by atoms with Gasteiger partial charge in [-0.1, -0.05) is 11.6 Å². The summed E-state index contributed by atoms with van der Waals surface area (Å²) in [5.74, 6) is -4.35. The van der Waals surface area contributed by atoms with E-state index in [9.17, 15) is 13.2 Å². The van der Waals surface area contributed by atoms with E-state index in [0.29, 0.717) is 0 Å². The van der Waals surface area contributed by atoms with Crippen molar-refractivity contribution < 1.29 is 13.2 Å². The van der Waals surface area contributed by atoms with Gasteiger partial charge in [-0.15, -0.1) is 10.2 Å². The Labute approximate surface area is 58.6 Å². The molecule has 0 saturated heterocycles. The molecule has 0 unspecified atom stereocenters. The van der Waals surface area contributed by atoms with Crippen LogP contribution < -0.4 is 0 Å². The average molecular weight is 169 g/mol. The molecule has 1 aromatic rings. The van der Waals surface area contributed by atoms with Crippen molar-refractivity contribution >= 4 is 11.6 Å². The van der Waals surface area contributed by atoms with Gasteiger partial charge in [0.2, 0.25) is 5.82 Å². The van der Waals surface area contributed by atoms with Crippen LogP contribution >= 0.6 is 11.6 Å². The minimum atomic E-state index is -1.52. The third-order valence-corrected chi connectivity index (χ3v) is 1.10. The van der Waals surface area contributed by atoms with E-state index in [1.807, 2.05) is 0 Å². The molecule has 0 fully saturated rings. The van der Waals surface area contributed by atoms with E-state index in [-0.39, 0.29) is 0 Å². The van der Waals surface area contributed by atoms with Crippen molar-refractivity contribution in [3.05, 3.63) is 22.7 Å². The van der Waals surface area contributed by atoms with Gasteiger partial charge >= 0.3 is 0 Å². The van der Waals surface area contributed by atoms with Gasteiger partial charge in [0.05, 0.1) is 0 Å². The number of aromatic nitrogens is 2. The van der Waals surface area contributed by atoms with Crippen molar-refractivity contribution in [1.29, 1.82) is 0 Å². The summed E-state index contributed by atoms with van der Waals surface area (Å²) in [7, 11) is 0. The number of halogens is 4. The van der Waals surface area contributed by atoms with E-state index in [1.165, 1.54) is 0 Å². The van der Waals surface area contributed by atoms with Gasteiger partial charge in [-0.2, -0.15) is 8.78 Å². The van der Waals surface area contributed by atoms with E-state index in [4.69, 9.17) is 11.6 Å². The largest absolute Gasteiger partial charge is 0.270 e. The first-order valence-electron chi connectivity index (χ1n) is 2.15. The number of rotatable bonds is 0. The molecule has 0 spiro atoms. The standard InChI is InChI=1S/C4ClF3N2/c5-1-2(6)4(8)10-9-3(1)7. The Morgan fingerprint density at radius 1 is 1.00 bits per heavy atom. The van der Waals surface area contributed by atoms with E-state index < -0.39 is 22.7 Å². The topological polar surface area (TPSA) is 25.8 Å². The molecule has 0 amide bonds. The monoisotopic (exact) mass is 168 g/mol. The number of hydrogen-bond acceptors (Lipinski definition) is 2. The van der Waals surface area contributed by atoms with Gasteiger partial charge in [-0.05, 0) is 0 Å². The molecule has 0 bridgehead atoms. The highest BCUT2D eigenvalue weighted by Gasteiger charge is 2.13. The van der Waals surface area contributed by atoms with Crippen molar-refractivity contribution in [3.8, 4) is 0 Å². The van der Waals surface area contributed by atoms with Gasteiger partial charge < -0.3 is 0 Å². The van der Waals surface area contributed by atoms with Crippen LogP contribution in [-0.2, 0) is 0 Å². The summed E-state index contributed by atoms with van der Waals surface area (Å²) >= 11 is 4.89. The Bertz CT molecular complexity index is 238. The summed E-state index contributed by atoms with van der Waals surface area (Å²) in [4.78, 5) is 0. The predicted molar refractivity (Wildman–Crippen MR) is 26.9 cm³/mol. The fourth-order valence-corrected chi connectivity index (χ4v) is 0.472. The van der Waals surface area contributed by atoms with Crippen molar-refractivity contribution in [2.75, 3.05) is 0 Å². The van der Waals surface area contributed by atoms with E-state index in [2.05, 4.69) is 10.2 Å². The molecule has 6 heteroatoms. The van der Waals surface area contributed by atoms with Crippen LogP contribution in [0.15, 0.2) is 0 Å². The second-order valence-electron chi connectivity index (χ2n) is 1.41. The minimum Gasteiger partial charge on any atom is -0.200 e. The Hall–Kier alpha value is -0.840. The lowest BCUT2D eigenvalue weighted by atomic mass is 10.5. The first kappa shape index (κ1) is 7.27. The maximum Gasteiger partial charge on any atom is 0.270 e. The van der Waals surface area contributed by atoms with Crippen molar-refractivity contribution in [1.82, 2.24) is 10.2 Å². The number of hydrogen-bond donors (Lipinski definition) is 0. The maximum absolute atomic E-state index is 12.1. The van der Waals surface area contributed by atoms with Gasteiger partial charge in [-0.25, -0.2) is 4.39 Å². The molecule has 0 aliphatic carbocycles. The smallest absolute Gasteiger partial charge is 0.200 e. The van der Waals surface area contributed by atoms with Crippen LogP contribution in [0.25, 0.3) is 0 Å². The first-order chi connectivity index (χ1) is 4.63.